The number of aromatic amines is 1. The molecule has 0 aliphatic heterocycles. The van der Waals surface area contributed by atoms with E-state index in [-0.39, 0.29) is 11.4 Å². The van der Waals surface area contributed by atoms with E-state index in [0.717, 1.165) is 22.3 Å². The van der Waals surface area contributed by atoms with Crippen LogP contribution in [-0.2, 0) is 23.7 Å². The Balaban J connectivity index is 1.87. The quantitative estimate of drug-likeness (QED) is 0.560. The van der Waals surface area contributed by atoms with E-state index >= 15 is 0 Å². The Labute approximate surface area is 182 Å². The second-order valence-corrected chi connectivity index (χ2v) is 9.98. The van der Waals surface area contributed by atoms with Gasteiger partial charge in [0.05, 0.1) is 17.8 Å². The van der Waals surface area contributed by atoms with Gasteiger partial charge in [-0.05, 0) is 50.8 Å². The molecule has 0 aliphatic rings. The largest absolute Gasteiger partial charge is 0.455 e. The van der Waals surface area contributed by atoms with Gasteiger partial charge in [-0.3, -0.25) is 5.10 Å². The zero-order valence-electron chi connectivity index (χ0n) is 18.9. The Hall–Kier alpha value is -2.54. The van der Waals surface area contributed by atoms with Crippen molar-refractivity contribution in [3.8, 4) is 0 Å². The fourth-order valence-corrected chi connectivity index (χ4v) is 3.82. The van der Waals surface area contributed by atoms with Crippen LogP contribution in [-0.4, -0.2) is 31.3 Å². The summed E-state index contributed by atoms with van der Waals surface area (Å²) in [7, 11) is 1.82. The second-order valence-electron chi connectivity index (χ2n) is 9.58. The van der Waals surface area contributed by atoms with E-state index in [0.29, 0.717) is 28.8 Å². The maximum Gasteiger partial charge on any atom is 0.357 e. The number of carbonyl (C=O) groups is 1. The maximum atomic E-state index is 12.6. The van der Waals surface area contributed by atoms with Crippen molar-refractivity contribution in [2.24, 2.45) is 7.05 Å². The molecule has 3 aromatic rings. The van der Waals surface area contributed by atoms with Crippen molar-refractivity contribution in [2.75, 3.05) is 5.32 Å². The first kappa shape index (κ1) is 22.2. The van der Waals surface area contributed by atoms with Crippen LogP contribution in [0.2, 0.25) is 5.02 Å². The van der Waals surface area contributed by atoms with Crippen LogP contribution in [0.4, 0.5) is 5.82 Å². The predicted molar refractivity (Wildman–Crippen MR) is 120 cm³/mol. The van der Waals surface area contributed by atoms with Gasteiger partial charge in [-0.2, -0.15) is 5.10 Å². The van der Waals surface area contributed by atoms with Gasteiger partial charge in [-0.15, -0.1) is 0 Å². The van der Waals surface area contributed by atoms with E-state index in [1.807, 2.05) is 40.8 Å². The Morgan fingerprint density at radius 1 is 1.23 bits per heavy atom. The molecule has 0 amide bonds. The van der Waals surface area contributed by atoms with Crippen LogP contribution in [0.3, 0.4) is 0 Å². The molecule has 0 fully saturated rings. The molecule has 0 bridgehead atoms. The van der Waals surface area contributed by atoms with Crippen molar-refractivity contribution in [1.82, 2.24) is 19.7 Å². The summed E-state index contributed by atoms with van der Waals surface area (Å²) in [4.78, 5) is 17.1. The van der Waals surface area contributed by atoms with E-state index in [1.54, 1.807) is 4.57 Å². The summed E-state index contributed by atoms with van der Waals surface area (Å²) in [5.41, 5.74) is 2.36. The molecule has 0 unspecified atom stereocenters. The fourth-order valence-electron chi connectivity index (χ4n) is 3.37. The molecule has 0 aliphatic carbocycles. The van der Waals surface area contributed by atoms with Gasteiger partial charge in [-0.25, -0.2) is 9.78 Å². The number of anilines is 1. The van der Waals surface area contributed by atoms with Crippen LogP contribution in [0.5, 0.6) is 0 Å². The lowest BCUT2D eigenvalue weighted by molar-refractivity contribution is 0.00577. The Kier molecular flexibility index (Phi) is 5.62. The number of fused-ring (bicyclic) bond motifs is 1. The molecule has 0 saturated carbocycles. The highest BCUT2D eigenvalue weighted by Gasteiger charge is 2.25. The van der Waals surface area contributed by atoms with E-state index in [2.05, 4.69) is 47.3 Å². The summed E-state index contributed by atoms with van der Waals surface area (Å²) >= 11 is 6.46. The molecular formula is C22H30ClN5O2. The van der Waals surface area contributed by atoms with Crippen molar-refractivity contribution >= 4 is 34.3 Å². The van der Waals surface area contributed by atoms with Crippen LogP contribution in [0.25, 0.3) is 10.9 Å². The highest BCUT2D eigenvalue weighted by atomic mass is 35.5. The molecule has 0 spiro atoms. The number of rotatable bonds is 4. The van der Waals surface area contributed by atoms with Crippen LogP contribution < -0.4 is 5.32 Å². The molecule has 1 aromatic carbocycles. The minimum Gasteiger partial charge on any atom is -0.455 e. The number of hydrogen-bond donors (Lipinski definition) is 2. The summed E-state index contributed by atoms with van der Waals surface area (Å²) in [5.74, 6) is 1.05. The van der Waals surface area contributed by atoms with Gasteiger partial charge in [0.2, 0.25) is 0 Å². The first-order valence-electron chi connectivity index (χ1n) is 9.95. The lowest BCUT2D eigenvalue weighted by atomic mass is 9.86. The van der Waals surface area contributed by atoms with Crippen molar-refractivity contribution in [1.29, 1.82) is 0 Å². The van der Waals surface area contributed by atoms with Crippen LogP contribution in [0.15, 0.2) is 12.1 Å². The standard InChI is InChI=1S/C22H30ClN5O2/c1-12-18(20(29)30-22(5,6)7)28(8)17(25-12)11-24-19-13-9-14(21(2,3)4)15(23)10-16(13)26-27-19/h9-10H,11H2,1-8H3,(H2,24,26,27). The summed E-state index contributed by atoms with van der Waals surface area (Å²) in [5, 5.41) is 12.4. The molecule has 2 N–H and O–H groups in total. The molecule has 2 heterocycles. The van der Waals surface area contributed by atoms with Gasteiger partial charge in [0, 0.05) is 17.5 Å². The summed E-state index contributed by atoms with van der Waals surface area (Å²) < 4.78 is 7.28. The number of ether oxygens (including phenoxy) is 1. The van der Waals surface area contributed by atoms with Gasteiger partial charge < -0.3 is 14.6 Å². The molecular weight excluding hydrogens is 402 g/mol. The Bertz CT molecular complexity index is 1100. The number of H-pyrrole nitrogens is 1. The van der Waals surface area contributed by atoms with Crippen LogP contribution in [0, 0.1) is 6.92 Å². The van der Waals surface area contributed by atoms with Crippen LogP contribution >= 0.6 is 11.6 Å². The lowest BCUT2D eigenvalue weighted by Gasteiger charge is -2.20. The van der Waals surface area contributed by atoms with Crippen molar-refractivity contribution in [3.05, 3.63) is 39.9 Å². The highest BCUT2D eigenvalue weighted by molar-refractivity contribution is 6.32. The second kappa shape index (κ2) is 7.61. The van der Waals surface area contributed by atoms with Crippen LogP contribution in [0.1, 0.15) is 69.1 Å². The van der Waals surface area contributed by atoms with Gasteiger partial charge >= 0.3 is 5.97 Å². The molecule has 30 heavy (non-hydrogen) atoms. The summed E-state index contributed by atoms with van der Waals surface area (Å²) in [6.07, 6.45) is 0. The van der Waals surface area contributed by atoms with Crippen molar-refractivity contribution in [2.45, 2.75) is 66.0 Å². The van der Waals surface area contributed by atoms with Gasteiger partial charge in [0.15, 0.2) is 5.82 Å². The molecule has 2 aromatic heterocycles. The molecule has 162 valence electrons. The number of halogens is 1. The number of nitrogens with zero attached hydrogens (tertiary/aromatic N) is 3. The predicted octanol–water partition coefficient (Wildman–Crippen LogP) is 5.12. The number of imidazole rings is 1. The SMILES string of the molecule is Cc1nc(CNc2n[nH]c3cc(Cl)c(C(C)(C)C)cc23)n(C)c1C(=O)OC(C)(C)C. The number of benzene rings is 1. The monoisotopic (exact) mass is 431 g/mol. The average Bonchev–Trinajstić information content (AvgIpc) is 3.09. The number of aromatic nitrogens is 4. The van der Waals surface area contributed by atoms with Crippen molar-refractivity contribution < 1.29 is 9.53 Å². The molecule has 0 radical (unpaired) electrons. The smallest absolute Gasteiger partial charge is 0.357 e. The molecule has 8 heteroatoms. The van der Waals surface area contributed by atoms with E-state index in [4.69, 9.17) is 16.3 Å². The molecule has 0 saturated heterocycles. The molecule has 3 rings (SSSR count). The van der Waals surface area contributed by atoms with Crippen molar-refractivity contribution in [3.63, 3.8) is 0 Å². The average molecular weight is 432 g/mol. The number of aryl methyl sites for hydroxylation is 1. The normalized spacial score (nSPS) is 12.4. The highest BCUT2D eigenvalue weighted by Crippen LogP contribution is 2.34. The van der Waals surface area contributed by atoms with E-state index < -0.39 is 5.60 Å². The number of nitrogens with one attached hydrogen (secondary N) is 2. The first-order chi connectivity index (χ1) is 13.8. The molecule has 7 nitrogen and oxygen atoms in total. The van der Waals surface area contributed by atoms with Gasteiger partial charge in [0.25, 0.3) is 0 Å². The maximum absolute atomic E-state index is 12.6. The van der Waals surface area contributed by atoms with E-state index in [9.17, 15) is 4.79 Å². The minimum atomic E-state index is -0.563. The number of esters is 1. The minimum absolute atomic E-state index is 0.0844. The number of hydrogen-bond acceptors (Lipinski definition) is 5. The topological polar surface area (TPSA) is 84.8 Å². The summed E-state index contributed by atoms with van der Waals surface area (Å²) in [6, 6.07) is 3.97. The fraction of sp³-hybridized carbons (Fsp3) is 0.500. The third-order valence-electron chi connectivity index (χ3n) is 4.83. The third-order valence-corrected chi connectivity index (χ3v) is 5.14. The van der Waals surface area contributed by atoms with Gasteiger partial charge in [-0.1, -0.05) is 32.4 Å². The summed E-state index contributed by atoms with van der Waals surface area (Å²) in [6.45, 7) is 14.1. The van der Waals surface area contributed by atoms with E-state index in [1.165, 1.54) is 0 Å². The Morgan fingerprint density at radius 2 is 1.90 bits per heavy atom. The Morgan fingerprint density at radius 3 is 2.50 bits per heavy atom. The first-order valence-corrected chi connectivity index (χ1v) is 10.3. The zero-order chi connectivity index (χ0) is 22.4. The zero-order valence-corrected chi connectivity index (χ0v) is 19.7. The molecule has 0 atom stereocenters. The third kappa shape index (κ3) is 4.46. The van der Waals surface area contributed by atoms with Gasteiger partial charge in [0.1, 0.15) is 17.1 Å². The lowest BCUT2D eigenvalue weighted by Crippen LogP contribution is -2.25. The number of carbonyl (C=O) groups excluding carboxylic acids is 1.